The van der Waals surface area contributed by atoms with Crippen LogP contribution in [0.15, 0.2) is 0 Å². The van der Waals surface area contributed by atoms with Gasteiger partial charge in [0.2, 0.25) is 11.8 Å². The maximum Gasteiger partial charge on any atom is 0.229 e. The molecule has 0 aromatic heterocycles. The topological polar surface area (TPSA) is 46.2 Å². The van der Waals surface area contributed by atoms with E-state index in [1.165, 1.54) is 19.3 Å². The van der Waals surface area contributed by atoms with E-state index in [2.05, 4.69) is 12.2 Å². The largest absolute Gasteiger partial charge is 0.296 e. The zero-order valence-corrected chi connectivity index (χ0v) is 9.29. The number of carbonyl (C=O) groups excluding carboxylic acids is 2. The van der Waals surface area contributed by atoms with E-state index in [-0.39, 0.29) is 17.7 Å². The molecule has 2 unspecified atom stereocenters. The summed E-state index contributed by atoms with van der Waals surface area (Å²) in [6, 6.07) is 0. The summed E-state index contributed by atoms with van der Waals surface area (Å²) in [5.74, 6) is 0.976. The molecular weight excluding hydrogens is 190 g/mol. The van der Waals surface area contributed by atoms with Gasteiger partial charge in [-0.15, -0.1) is 0 Å². The van der Waals surface area contributed by atoms with E-state index in [0.29, 0.717) is 18.3 Å². The Morgan fingerprint density at radius 3 is 2.60 bits per heavy atom. The molecule has 0 radical (unpaired) electrons. The molecule has 2 aliphatic rings. The molecule has 2 atom stereocenters. The molecule has 0 bridgehead atoms. The number of hydrogen-bond donors (Lipinski definition) is 1. The van der Waals surface area contributed by atoms with Gasteiger partial charge in [-0.05, 0) is 18.3 Å². The third-order valence-corrected chi connectivity index (χ3v) is 3.89. The summed E-state index contributed by atoms with van der Waals surface area (Å²) in [5, 5.41) is 2.47. The van der Waals surface area contributed by atoms with E-state index in [4.69, 9.17) is 0 Å². The first kappa shape index (κ1) is 10.7. The molecule has 1 saturated carbocycles. The highest BCUT2D eigenvalue weighted by Crippen LogP contribution is 2.41. The SMILES string of the molecule is CCCC1C(=O)NC(=O)CC1C1CCC1. The van der Waals surface area contributed by atoms with Crippen molar-refractivity contribution in [1.29, 1.82) is 0 Å². The van der Waals surface area contributed by atoms with Crippen molar-refractivity contribution < 1.29 is 9.59 Å². The minimum absolute atomic E-state index is 0.0231. The number of piperidine rings is 1. The van der Waals surface area contributed by atoms with Crippen molar-refractivity contribution in [2.45, 2.75) is 45.4 Å². The molecule has 3 heteroatoms. The summed E-state index contributed by atoms with van der Waals surface area (Å²) < 4.78 is 0. The maximum atomic E-state index is 11.7. The van der Waals surface area contributed by atoms with Crippen LogP contribution in [0.2, 0.25) is 0 Å². The molecule has 15 heavy (non-hydrogen) atoms. The zero-order chi connectivity index (χ0) is 10.8. The van der Waals surface area contributed by atoms with Crippen molar-refractivity contribution in [2.24, 2.45) is 17.8 Å². The van der Waals surface area contributed by atoms with E-state index in [1.54, 1.807) is 0 Å². The van der Waals surface area contributed by atoms with Gasteiger partial charge in [0.15, 0.2) is 0 Å². The van der Waals surface area contributed by atoms with Crippen molar-refractivity contribution in [3.8, 4) is 0 Å². The van der Waals surface area contributed by atoms with Crippen molar-refractivity contribution >= 4 is 11.8 Å². The highest BCUT2D eigenvalue weighted by atomic mass is 16.2. The minimum atomic E-state index is -0.0655. The lowest BCUT2D eigenvalue weighted by Crippen LogP contribution is -2.48. The highest BCUT2D eigenvalue weighted by molar-refractivity contribution is 5.99. The molecule has 3 nitrogen and oxygen atoms in total. The highest BCUT2D eigenvalue weighted by Gasteiger charge is 2.41. The van der Waals surface area contributed by atoms with E-state index in [0.717, 1.165) is 12.8 Å². The molecule has 0 aromatic rings. The van der Waals surface area contributed by atoms with Crippen LogP contribution in [0, 0.1) is 17.8 Å². The molecule has 1 aliphatic heterocycles. The van der Waals surface area contributed by atoms with E-state index in [1.807, 2.05) is 0 Å². The smallest absolute Gasteiger partial charge is 0.229 e. The number of carbonyl (C=O) groups is 2. The third-order valence-electron chi connectivity index (χ3n) is 3.89. The fraction of sp³-hybridized carbons (Fsp3) is 0.833. The van der Waals surface area contributed by atoms with E-state index >= 15 is 0 Å². The molecule has 1 N–H and O–H groups in total. The van der Waals surface area contributed by atoms with Gasteiger partial charge in [0.05, 0.1) is 0 Å². The fourth-order valence-electron chi connectivity index (χ4n) is 2.85. The zero-order valence-electron chi connectivity index (χ0n) is 9.29. The standard InChI is InChI=1S/C12H19NO2/c1-2-4-9-10(8-5-3-6-8)7-11(14)13-12(9)15/h8-10H,2-7H2,1H3,(H,13,14,15). The number of rotatable bonds is 3. The number of imide groups is 1. The molecule has 84 valence electrons. The second kappa shape index (κ2) is 4.33. The second-order valence-electron chi connectivity index (χ2n) is 4.87. The summed E-state index contributed by atoms with van der Waals surface area (Å²) in [7, 11) is 0. The van der Waals surface area contributed by atoms with Gasteiger partial charge in [0, 0.05) is 12.3 Å². The Labute approximate surface area is 90.6 Å². The fourth-order valence-corrected chi connectivity index (χ4v) is 2.85. The first-order chi connectivity index (χ1) is 7.22. The second-order valence-corrected chi connectivity index (χ2v) is 4.87. The van der Waals surface area contributed by atoms with Gasteiger partial charge in [-0.25, -0.2) is 0 Å². The lowest BCUT2D eigenvalue weighted by Gasteiger charge is -2.40. The van der Waals surface area contributed by atoms with Gasteiger partial charge in [0.25, 0.3) is 0 Å². The minimum Gasteiger partial charge on any atom is -0.296 e. The van der Waals surface area contributed by atoms with Crippen LogP contribution in [0.25, 0.3) is 0 Å². The molecule has 2 rings (SSSR count). The predicted octanol–water partition coefficient (Wildman–Crippen LogP) is 1.87. The first-order valence-corrected chi connectivity index (χ1v) is 6.06. The Kier molecular flexibility index (Phi) is 3.08. The average Bonchev–Trinajstić information content (AvgIpc) is 2.08. The summed E-state index contributed by atoms with van der Waals surface area (Å²) >= 11 is 0. The summed E-state index contributed by atoms with van der Waals surface area (Å²) in [6.07, 6.45) is 6.23. The van der Waals surface area contributed by atoms with Crippen LogP contribution in [0.5, 0.6) is 0 Å². The van der Waals surface area contributed by atoms with Crippen LogP contribution in [0.3, 0.4) is 0 Å². The Balaban J connectivity index is 2.07. The lowest BCUT2D eigenvalue weighted by molar-refractivity contribution is -0.141. The summed E-state index contributed by atoms with van der Waals surface area (Å²) in [6.45, 7) is 2.10. The average molecular weight is 209 g/mol. The van der Waals surface area contributed by atoms with Crippen LogP contribution in [-0.2, 0) is 9.59 Å². The first-order valence-electron chi connectivity index (χ1n) is 6.06. The predicted molar refractivity (Wildman–Crippen MR) is 57.0 cm³/mol. The number of nitrogens with one attached hydrogen (secondary N) is 1. The van der Waals surface area contributed by atoms with Gasteiger partial charge in [-0.2, -0.15) is 0 Å². The molecule has 0 aromatic carbocycles. The lowest BCUT2D eigenvalue weighted by atomic mass is 9.67. The third kappa shape index (κ3) is 2.06. The molecule has 2 amide bonds. The molecular formula is C12H19NO2. The van der Waals surface area contributed by atoms with Crippen LogP contribution < -0.4 is 5.32 Å². The van der Waals surface area contributed by atoms with Crippen LogP contribution >= 0.6 is 0 Å². The van der Waals surface area contributed by atoms with Crippen molar-refractivity contribution in [2.75, 3.05) is 0 Å². The van der Waals surface area contributed by atoms with Gasteiger partial charge in [-0.3, -0.25) is 14.9 Å². The van der Waals surface area contributed by atoms with Gasteiger partial charge in [0.1, 0.15) is 0 Å². The Morgan fingerprint density at radius 2 is 2.07 bits per heavy atom. The van der Waals surface area contributed by atoms with Crippen LogP contribution in [0.1, 0.15) is 45.4 Å². The molecule has 1 saturated heterocycles. The molecule has 0 spiro atoms. The Morgan fingerprint density at radius 1 is 1.33 bits per heavy atom. The molecule has 2 fully saturated rings. The molecule has 1 heterocycles. The quantitative estimate of drug-likeness (QED) is 0.721. The van der Waals surface area contributed by atoms with Crippen molar-refractivity contribution in [1.82, 2.24) is 5.32 Å². The normalized spacial score (nSPS) is 32.3. The van der Waals surface area contributed by atoms with Gasteiger partial charge >= 0.3 is 0 Å². The van der Waals surface area contributed by atoms with E-state index in [9.17, 15) is 9.59 Å². The van der Waals surface area contributed by atoms with E-state index < -0.39 is 0 Å². The van der Waals surface area contributed by atoms with Crippen molar-refractivity contribution in [3.05, 3.63) is 0 Å². The number of hydrogen-bond acceptors (Lipinski definition) is 2. The summed E-state index contributed by atoms with van der Waals surface area (Å²) in [5.41, 5.74) is 0. The molecule has 1 aliphatic carbocycles. The van der Waals surface area contributed by atoms with Crippen LogP contribution in [0.4, 0.5) is 0 Å². The Bertz CT molecular complexity index is 271. The summed E-state index contributed by atoms with van der Waals surface area (Å²) in [4.78, 5) is 23.1. The number of amides is 2. The monoisotopic (exact) mass is 209 g/mol. The van der Waals surface area contributed by atoms with Gasteiger partial charge in [-0.1, -0.05) is 32.6 Å². The maximum absolute atomic E-state index is 11.7. The van der Waals surface area contributed by atoms with Crippen LogP contribution in [-0.4, -0.2) is 11.8 Å². The van der Waals surface area contributed by atoms with Crippen molar-refractivity contribution in [3.63, 3.8) is 0 Å². The Hall–Kier alpha value is -0.860. The van der Waals surface area contributed by atoms with Gasteiger partial charge < -0.3 is 0 Å².